The zero-order valence-electron chi connectivity index (χ0n) is 14.4. The van der Waals surface area contributed by atoms with E-state index in [1.807, 2.05) is 71.6 Å². The summed E-state index contributed by atoms with van der Waals surface area (Å²) < 4.78 is 8.00. The summed E-state index contributed by atoms with van der Waals surface area (Å²) in [5.74, 6) is 1.50. The molecule has 5 heteroatoms. The van der Waals surface area contributed by atoms with Gasteiger partial charge in [0.25, 0.3) is 5.91 Å². The number of hydrogen-bond acceptors (Lipinski definition) is 3. The van der Waals surface area contributed by atoms with Gasteiger partial charge in [0.2, 0.25) is 0 Å². The summed E-state index contributed by atoms with van der Waals surface area (Å²) in [6.45, 7) is 0.0159. The van der Waals surface area contributed by atoms with Crippen LogP contribution in [0.1, 0.15) is 17.4 Å². The third-order valence-corrected chi connectivity index (χ3v) is 5.31. The summed E-state index contributed by atoms with van der Waals surface area (Å²) >= 11 is 0. The largest absolute Gasteiger partial charge is 0.483 e. The van der Waals surface area contributed by atoms with Crippen molar-refractivity contribution in [1.82, 2.24) is 9.55 Å². The molecule has 5 nitrogen and oxygen atoms in total. The van der Waals surface area contributed by atoms with Gasteiger partial charge in [-0.3, -0.25) is 14.3 Å². The first-order valence-corrected chi connectivity index (χ1v) is 8.93. The SMILES string of the molecule is O=C1COc2ccccc2C2c3nc4ccccc4n3-c3ccccc3N12. The number of imidazole rings is 1. The lowest BCUT2D eigenvalue weighted by molar-refractivity contribution is -0.120. The van der Waals surface area contributed by atoms with E-state index in [9.17, 15) is 4.79 Å². The molecule has 3 heterocycles. The molecule has 1 unspecified atom stereocenters. The molecular weight excluding hydrogens is 338 g/mol. The number of fused-ring (bicyclic) bond motifs is 10. The molecule has 6 rings (SSSR count). The van der Waals surface area contributed by atoms with Crippen molar-refractivity contribution < 1.29 is 9.53 Å². The molecule has 3 aromatic carbocycles. The smallest absolute Gasteiger partial charge is 0.265 e. The molecule has 1 atom stereocenters. The number of benzene rings is 3. The number of carbonyl (C=O) groups excluding carboxylic acids is 1. The Labute approximate surface area is 155 Å². The summed E-state index contributed by atoms with van der Waals surface area (Å²) in [5.41, 5.74) is 4.75. The Morgan fingerprint density at radius 3 is 2.56 bits per heavy atom. The van der Waals surface area contributed by atoms with E-state index in [4.69, 9.17) is 9.72 Å². The minimum atomic E-state index is -0.321. The maximum absolute atomic E-state index is 13.1. The van der Waals surface area contributed by atoms with Gasteiger partial charge in [-0.15, -0.1) is 0 Å². The molecular formula is C22H15N3O2. The number of ether oxygens (including phenoxy) is 1. The van der Waals surface area contributed by atoms with E-state index in [0.29, 0.717) is 0 Å². The minimum absolute atomic E-state index is 0.0159. The number of anilines is 1. The third-order valence-electron chi connectivity index (χ3n) is 5.31. The van der Waals surface area contributed by atoms with Crippen LogP contribution in [0.25, 0.3) is 16.7 Å². The standard InChI is InChI=1S/C22H15N3O2/c26-20-13-27-19-12-6-1-7-14(19)21-22-23-15-8-2-3-9-16(15)24(22)17-10-4-5-11-18(17)25(20)21/h1-12,21H,13H2. The second-order valence-electron chi connectivity index (χ2n) is 6.78. The van der Waals surface area contributed by atoms with Gasteiger partial charge in [-0.25, -0.2) is 4.98 Å². The number of amides is 1. The number of nitrogens with zero attached hydrogens (tertiary/aromatic N) is 3. The van der Waals surface area contributed by atoms with Crippen molar-refractivity contribution in [2.75, 3.05) is 11.5 Å². The first-order valence-electron chi connectivity index (χ1n) is 8.93. The highest BCUT2D eigenvalue weighted by molar-refractivity contribution is 6.00. The van der Waals surface area contributed by atoms with Crippen molar-refractivity contribution in [3.05, 3.63) is 84.2 Å². The highest BCUT2D eigenvalue weighted by Crippen LogP contribution is 2.46. The predicted octanol–water partition coefficient (Wildman–Crippen LogP) is 3.85. The second kappa shape index (κ2) is 5.20. The fourth-order valence-corrected chi connectivity index (χ4v) is 4.20. The summed E-state index contributed by atoms with van der Waals surface area (Å²) in [5, 5.41) is 0. The van der Waals surface area contributed by atoms with E-state index < -0.39 is 0 Å². The first kappa shape index (κ1) is 14.6. The Bertz CT molecular complexity index is 1230. The van der Waals surface area contributed by atoms with Crippen molar-refractivity contribution >= 4 is 22.6 Å². The first-order chi connectivity index (χ1) is 13.3. The number of aromatic nitrogens is 2. The molecule has 0 spiro atoms. The van der Waals surface area contributed by atoms with Gasteiger partial charge in [0.1, 0.15) is 17.6 Å². The highest BCUT2D eigenvalue weighted by Gasteiger charge is 2.41. The molecule has 0 aliphatic carbocycles. The Morgan fingerprint density at radius 2 is 1.63 bits per heavy atom. The topological polar surface area (TPSA) is 47.4 Å². The molecule has 27 heavy (non-hydrogen) atoms. The van der Waals surface area contributed by atoms with Crippen molar-refractivity contribution in [2.24, 2.45) is 0 Å². The van der Waals surface area contributed by atoms with E-state index in [1.165, 1.54) is 0 Å². The average molecular weight is 353 g/mol. The lowest BCUT2D eigenvalue weighted by Gasteiger charge is -2.36. The lowest BCUT2D eigenvalue weighted by atomic mass is 9.99. The lowest BCUT2D eigenvalue weighted by Crippen LogP contribution is -2.40. The number of carbonyl (C=O) groups is 1. The minimum Gasteiger partial charge on any atom is -0.483 e. The highest BCUT2D eigenvalue weighted by atomic mass is 16.5. The van der Waals surface area contributed by atoms with Crippen LogP contribution >= 0.6 is 0 Å². The molecule has 1 amide bonds. The van der Waals surface area contributed by atoms with Gasteiger partial charge < -0.3 is 4.74 Å². The molecule has 2 aliphatic rings. The molecule has 0 saturated carbocycles. The Hall–Kier alpha value is -3.60. The van der Waals surface area contributed by atoms with E-state index in [-0.39, 0.29) is 18.6 Å². The maximum Gasteiger partial charge on any atom is 0.265 e. The van der Waals surface area contributed by atoms with Crippen LogP contribution in [-0.2, 0) is 4.79 Å². The van der Waals surface area contributed by atoms with Gasteiger partial charge in [0.15, 0.2) is 6.61 Å². The van der Waals surface area contributed by atoms with Crippen LogP contribution in [0.4, 0.5) is 5.69 Å². The van der Waals surface area contributed by atoms with E-state index >= 15 is 0 Å². The van der Waals surface area contributed by atoms with Gasteiger partial charge >= 0.3 is 0 Å². The van der Waals surface area contributed by atoms with Crippen molar-refractivity contribution in [3.63, 3.8) is 0 Å². The normalized spacial score (nSPS) is 17.4. The van der Waals surface area contributed by atoms with Crippen LogP contribution in [0.5, 0.6) is 5.75 Å². The zero-order chi connectivity index (χ0) is 18.0. The van der Waals surface area contributed by atoms with E-state index in [1.54, 1.807) is 0 Å². The molecule has 0 radical (unpaired) electrons. The molecule has 0 fully saturated rings. The summed E-state index contributed by atoms with van der Waals surface area (Å²) in [7, 11) is 0. The molecule has 0 saturated heterocycles. The van der Waals surface area contributed by atoms with E-state index in [2.05, 4.69) is 10.6 Å². The average Bonchev–Trinajstić information content (AvgIpc) is 3.03. The van der Waals surface area contributed by atoms with E-state index in [0.717, 1.165) is 39.5 Å². The second-order valence-corrected chi connectivity index (χ2v) is 6.78. The molecule has 0 bridgehead atoms. The van der Waals surface area contributed by atoms with Crippen LogP contribution in [0, 0.1) is 0 Å². The predicted molar refractivity (Wildman–Crippen MR) is 102 cm³/mol. The van der Waals surface area contributed by atoms with Crippen LogP contribution < -0.4 is 9.64 Å². The molecule has 4 aromatic rings. The summed E-state index contributed by atoms with van der Waals surface area (Å²) in [6, 6.07) is 23.6. The molecule has 0 N–H and O–H groups in total. The van der Waals surface area contributed by atoms with Gasteiger partial charge in [0.05, 0.1) is 22.4 Å². The molecule has 130 valence electrons. The van der Waals surface area contributed by atoms with Gasteiger partial charge in [0, 0.05) is 5.56 Å². The van der Waals surface area contributed by atoms with Crippen molar-refractivity contribution in [2.45, 2.75) is 6.04 Å². The zero-order valence-corrected chi connectivity index (χ0v) is 14.4. The van der Waals surface area contributed by atoms with Crippen LogP contribution in [0.3, 0.4) is 0 Å². The number of para-hydroxylation sites is 5. The van der Waals surface area contributed by atoms with Gasteiger partial charge in [-0.05, 0) is 30.3 Å². The fourth-order valence-electron chi connectivity index (χ4n) is 4.20. The number of rotatable bonds is 0. The monoisotopic (exact) mass is 353 g/mol. The maximum atomic E-state index is 13.1. The Morgan fingerprint density at radius 1 is 0.889 bits per heavy atom. The van der Waals surface area contributed by atoms with Crippen molar-refractivity contribution in [1.29, 1.82) is 0 Å². The van der Waals surface area contributed by atoms with Crippen LogP contribution in [0.2, 0.25) is 0 Å². The summed E-state index contributed by atoms with van der Waals surface area (Å²) in [4.78, 5) is 19.8. The van der Waals surface area contributed by atoms with Gasteiger partial charge in [-0.1, -0.05) is 42.5 Å². The molecule has 2 aliphatic heterocycles. The van der Waals surface area contributed by atoms with Gasteiger partial charge in [-0.2, -0.15) is 0 Å². The van der Waals surface area contributed by atoms with Crippen LogP contribution in [0.15, 0.2) is 72.8 Å². The Kier molecular flexibility index (Phi) is 2.81. The number of hydrogen-bond donors (Lipinski definition) is 0. The van der Waals surface area contributed by atoms with Crippen LogP contribution in [-0.4, -0.2) is 22.1 Å². The third kappa shape index (κ3) is 1.88. The Balaban J connectivity index is 1.76. The summed E-state index contributed by atoms with van der Waals surface area (Å²) in [6.07, 6.45) is 0. The fraction of sp³-hybridized carbons (Fsp3) is 0.0909. The molecule has 1 aromatic heterocycles. The quantitative estimate of drug-likeness (QED) is 0.482. The van der Waals surface area contributed by atoms with Crippen molar-refractivity contribution in [3.8, 4) is 11.4 Å².